The maximum atomic E-state index is 6.05. The van der Waals surface area contributed by atoms with E-state index in [4.69, 9.17) is 39.5 Å². The maximum absolute atomic E-state index is 6.05. The average molecular weight is 333 g/mol. The van der Waals surface area contributed by atoms with Gasteiger partial charge in [-0.3, -0.25) is 4.98 Å². The van der Waals surface area contributed by atoms with Crippen LogP contribution in [0.2, 0.25) is 15.1 Å². The lowest BCUT2D eigenvalue weighted by atomic mass is 10.3. The molecule has 1 N–H and O–H groups in total. The Labute approximate surface area is 132 Å². The van der Waals surface area contributed by atoms with Crippen molar-refractivity contribution in [2.45, 2.75) is 13.5 Å². The van der Waals surface area contributed by atoms with Crippen LogP contribution in [0.5, 0.6) is 11.6 Å². The van der Waals surface area contributed by atoms with Crippen molar-refractivity contribution in [2.24, 2.45) is 0 Å². The molecule has 2 rings (SSSR count). The van der Waals surface area contributed by atoms with Crippen molar-refractivity contribution in [1.82, 2.24) is 15.3 Å². The summed E-state index contributed by atoms with van der Waals surface area (Å²) in [5.41, 5.74) is 0.778. The number of aromatic nitrogens is 2. The van der Waals surface area contributed by atoms with Gasteiger partial charge >= 0.3 is 0 Å². The summed E-state index contributed by atoms with van der Waals surface area (Å²) in [6.45, 7) is 3.49. The number of benzene rings is 1. The van der Waals surface area contributed by atoms with Crippen molar-refractivity contribution in [3.63, 3.8) is 0 Å². The standard InChI is InChI=1S/C13H12Cl3N3O/c1-2-17-5-8-6-18-7-13(19-8)20-12-4-10(15)9(14)3-11(12)16/h3-4,6-7,17H,2,5H2,1H3. The molecule has 0 atom stereocenters. The third-order valence-electron chi connectivity index (χ3n) is 2.41. The summed E-state index contributed by atoms with van der Waals surface area (Å²) in [4.78, 5) is 8.39. The van der Waals surface area contributed by atoms with Crippen LogP contribution in [-0.4, -0.2) is 16.5 Å². The number of nitrogens with zero attached hydrogens (tertiary/aromatic N) is 2. The molecule has 20 heavy (non-hydrogen) atoms. The van der Waals surface area contributed by atoms with Gasteiger partial charge in [0.05, 0.1) is 27.0 Å². The molecule has 0 amide bonds. The largest absolute Gasteiger partial charge is 0.436 e. The Morgan fingerprint density at radius 2 is 1.85 bits per heavy atom. The second-order valence-electron chi connectivity index (χ2n) is 3.93. The molecule has 0 unspecified atom stereocenters. The Balaban J connectivity index is 2.19. The Hall–Kier alpha value is -1.07. The summed E-state index contributed by atoms with van der Waals surface area (Å²) in [6, 6.07) is 3.07. The first-order valence-electron chi connectivity index (χ1n) is 5.94. The molecule has 1 heterocycles. The minimum Gasteiger partial charge on any atom is -0.436 e. The predicted molar refractivity (Wildman–Crippen MR) is 81.0 cm³/mol. The molecule has 1 aromatic heterocycles. The molecular formula is C13H12Cl3N3O. The van der Waals surface area contributed by atoms with Gasteiger partial charge in [-0.2, -0.15) is 0 Å². The molecule has 7 heteroatoms. The van der Waals surface area contributed by atoms with Crippen molar-refractivity contribution in [2.75, 3.05) is 6.54 Å². The normalized spacial score (nSPS) is 10.6. The number of hydrogen-bond donors (Lipinski definition) is 1. The van der Waals surface area contributed by atoms with E-state index >= 15 is 0 Å². The fourth-order valence-electron chi connectivity index (χ4n) is 1.47. The summed E-state index contributed by atoms with van der Waals surface area (Å²) in [7, 11) is 0. The van der Waals surface area contributed by atoms with Gasteiger partial charge in [0.2, 0.25) is 5.88 Å². The molecule has 0 spiro atoms. The third kappa shape index (κ3) is 3.96. The van der Waals surface area contributed by atoms with Crippen LogP contribution in [0.25, 0.3) is 0 Å². The zero-order chi connectivity index (χ0) is 14.5. The molecule has 4 nitrogen and oxygen atoms in total. The lowest BCUT2D eigenvalue weighted by molar-refractivity contribution is 0.456. The lowest BCUT2D eigenvalue weighted by Gasteiger charge is -2.09. The average Bonchev–Trinajstić information content (AvgIpc) is 2.43. The molecule has 1 aromatic carbocycles. The summed E-state index contributed by atoms with van der Waals surface area (Å²) >= 11 is 17.8. The molecule has 106 valence electrons. The van der Waals surface area contributed by atoms with E-state index in [1.54, 1.807) is 12.3 Å². The molecule has 2 aromatic rings. The van der Waals surface area contributed by atoms with Crippen LogP contribution in [-0.2, 0) is 6.54 Å². The van der Waals surface area contributed by atoms with Gasteiger partial charge in [0.1, 0.15) is 5.75 Å². The van der Waals surface area contributed by atoms with E-state index in [0.717, 1.165) is 12.2 Å². The van der Waals surface area contributed by atoms with Gasteiger partial charge in [-0.15, -0.1) is 0 Å². The molecule has 0 aliphatic rings. The fraction of sp³-hybridized carbons (Fsp3) is 0.231. The zero-order valence-electron chi connectivity index (χ0n) is 10.7. The number of hydrogen-bond acceptors (Lipinski definition) is 4. The molecule has 0 aliphatic carbocycles. The molecular weight excluding hydrogens is 321 g/mol. The fourth-order valence-corrected chi connectivity index (χ4v) is 2.04. The summed E-state index contributed by atoms with van der Waals surface area (Å²) in [6.07, 6.45) is 3.18. The van der Waals surface area contributed by atoms with Crippen LogP contribution in [0, 0.1) is 0 Å². The highest BCUT2D eigenvalue weighted by Crippen LogP contribution is 2.35. The minimum atomic E-state index is 0.348. The monoisotopic (exact) mass is 331 g/mol. The van der Waals surface area contributed by atoms with Gasteiger partial charge in [-0.05, 0) is 12.6 Å². The molecule has 0 bridgehead atoms. The van der Waals surface area contributed by atoms with E-state index in [1.807, 2.05) is 6.92 Å². The topological polar surface area (TPSA) is 47.0 Å². The van der Waals surface area contributed by atoms with Crippen molar-refractivity contribution >= 4 is 34.8 Å². The Kier molecular flexibility index (Phi) is 5.43. The molecule has 0 saturated carbocycles. The highest BCUT2D eigenvalue weighted by Gasteiger charge is 2.09. The van der Waals surface area contributed by atoms with E-state index in [-0.39, 0.29) is 0 Å². The van der Waals surface area contributed by atoms with Crippen LogP contribution in [0.3, 0.4) is 0 Å². The van der Waals surface area contributed by atoms with Gasteiger partial charge in [-0.25, -0.2) is 4.98 Å². The quantitative estimate of drug-likeness (QED) is 0.827. The molecule has 0 radical (unpaired) electrons. The first kappa shape index (κ1) is 15.3. The highest BCUT2D eigenvalue weighted by atomic mass is 35.5. The van der Waals surface area contributed by atoms with E-state index in [9.17, 15) is 0 Å². The molecule has 0 aliphatic heterocycles. The van der Waals surface area contributed by atoms with E-state index in [1.165, 1.54) is 12.3 Å². The van der Waals surface area contributed by atoms with Crippen LogP contribution in [0.1, 0.15) is 12.6 Å². The van der Waals surface area contributed by atoms with Crippen LogP contribution in [0.15, 0.2) is 24.5 Å². The lowest BCUT2D eigenvalue weighted by Crippen LogP contribution is -2.13. The van der Waals surface area contributed by atoms with Gasteiger partial charge in [0, 0.05) is 18.8 Å². The van der Waals surface area contributed by atoms with Crippen molar-refractivity contribution < 1.29 is 4.74 Å². The number of nitrogens with one attached hydrogen (secondary N) is 1. The number of ether oxygens (including phenoxy) is 1. The van der Waals surface area contributed by atoms with Gasteiger partial charge in [-0.1, -0.05) is 41.7 Å². The highest BCUT2D eigenvalue weighted by molar-refractivity contribution is 6.43. The minimum absolute atomic E-state index is 0.348. The Morgan fingerprint density at radius 3 is 2.60 bits per heavy atom. The van der Waals surface area contributed by atoms with Gasteiger partial charge in [0.25, 0.3) is 0 Å². The van der Waals surface area contributed by atoms with E-state index in [2.05, 4.69) is 15.3 Å². The maximum Gasteiger partial charge on any atom is 0.238 e. The van der Waals surface area contributed by atoms with Crippen LogP contribution in [0.4, 0.5) is 0 Å². The first-order valence-corrected chi connectivity index (χ1v) is 7.07. The third-order valence-corrected chi connectivity index (χ3v) is 3.43. The van der Waals surface area contributed by atoms with E-state index in [0.29, 0.717) is 33.2 Å². The van der Waals surface area contributed by atoms with Crippen LogP contribution >= 0.6 is 34.8 Å². The Morgan fingerprint density at radius 1 is 1.10 bits per heavy atom. The summed E-state index contributed by atoms with van der Waals surface area (Å²) < 4.78 is 5.59. The summed E-state index contributed by atoms with van der Waals surface area (Å²) in [5.74, 6) is 0.733. The predicted octanol–water partition coefficient (Wildman–Crippen LogP) is 4.34. The SMILES string of the molecule is CCNCc1cncc(Oc2cc(Cl)c(Cl)cc2Cl)n1. The summed E-state index contributed by atoms with van der Waals surface area (Å²) in [5, 5.41) is 4.26. The van der Waals surface area contributed by atoms with E-state index < -0.39 is 0 Å². The van der Waals surface area contributed by atoms with Gasteiger partial charge < -0.3 is 10.1 Å². The first-order chi connectivity index (χ1) is 9.60. The van der Waals surface area contributed by atoms with Crippen molar-refractivity contribution in [1.29, 1.82) is 0 Å². The molecule has 0 fully saturated rings. The zero-order valence-corrected chi connectivity index (χ0v) is 12.9. The second kappa shape index (κ2) is 7.09. The van der Waals surface area contributed by atoms with Crippen molar-refractivity contribution in [3.05, 3.63) is 45.3 Å². The van der Waals surface area contributed by atoms with Crippen molar-refractivity contribution in [3.8, 4) is 11.6 Å². The Bertz CT molecular complexity index is 607. The second-order valence-corrected chi connectivity index (χ2v) is 5.15. The van der Waals surface area contributed by atoms with Crippen LogP contribution < -0.4 is 10.1 Å². The number of halogens is 3. The molecule has 0 saturated heterocycles. The number of rotatable bonds is 5. The smallest absolute Gasteiger partial charge is 0.238 e. The van der Waals surface area contributed by atoms with Gasteiger partial charge in [0.15, 0.2) is 0 Å².